The van der Waals surface area contributed by atoms with Crippen LogP contribution in [0.25, 0.3) is 0 Å². The highest BCUT2D eigenvalue weighted by Crippen LogP contribution is 2.23. The number of rotatable bonds is 7. The monoisotopic (exact) mass is 254 g/mol. The predicted octanol–water partition coefficient (Wildman–Crippen LogP) is 1.09. The number of aryl methyl sites for hydroxylation is 2. The van der Waals surface area contributed by atoms with Crippen LogP contribution < -0.4 is 10.6 Å². The first-order valence-electron chi connectivity index (χ1n) is 6.45. The Balaban J connectivity index is 2.85. The predicted molar refractivity (Wildman–Crippen MR) is 75.1 cm³/mol. The van der Waals surface area contributed by atoms with Gasteiger partial charge in [0.15, 0.2) is 0 Å². The first-order valence-corrected chi connectivity index (χ1v) is 6.45. The molecule has 1 aromatic heterocycles. The normalized spacial score (nSPS) is 12.8. The van der Waals surface area contributed by atoms with Gasteiger partial charge in [-0.2, -0.15) is 5.10 Å². The van der Waals surface area contributed by atoms with E-state index in [0.29, 0.717) is 0 Å². The van der Waals surface area contributed by atoms with Crippen molar-refractivity contribution >= 4 is 5.82 Å². The smallest absolute Gasteiger partial charge is 0.129 e. The maximum atomic E-state index is 5.92. The molecule has 0 fully saturated rings. The molecule has 0 aliphatic carbocycles. The highest BCUT2D eigenvalue weighted by Gasteiger charge is 2.17. The zero-order valence-corrected chi connectivity index (χ0v) is 12.2. The molecule has 5 nitrogen and oxygen atoms in total. The van der Waals surface area contributed by atoms with Crippen LogP contribution in [0.2, 0.25) is 0 Å². The summed E-state index contributed by atoms with van der Waals surface area (Å²) in [7, 11) is 5.81. The van der Waals surface area contributed by atoms with Crippen LogP contribution in [0, 0.1) is 6.92 Å². The van der Waals surface area contributed by atoms with E-state index in [1.54, 1.807) is 7.11 Å². The molecule has 0 bridgehead atoms. The van der Waals surface area contributed by atoms with Gasteiger partial charge in [-0.3, -0.25) is 4.68 Å². The minimum Gasteiger partial charge on any atom is -0.385 e. The van der Waals surface area contributed by atoms with Crippen molar-refractivity contribution in [1.82, 2.24) is 9.78 Å². The molecule has 1 rings (SSSR count). The summed E-state index contributed by atoms with van der Waals surface area (Å²) in [5.41, 5.74) is 8.25. The summed E-state index contributed by atoms with van der Waals surface area (Å²) < 4.78 is 7.03. The quantitative estimate of drug-likeness (QED) is 0.740. The van der Waals surface area contributed by atoms with Gasteiger partial charge in [0.05, 0.1) is 5.69 Å². The lowest BCUT2D eigenvalue weighted by molar-refractivity contribution is 0.196. The van der Waals surface area contributed by atoms with E-state index >= 15 is 0 Å². The van der Waals surface area contributed by atoms with E-state index in [9.17, 15) is 0 Å². The molecular formula is C13H26N4O. The van der Waals surface area contributed by atoms with Gasteiger partial charge >= 0.3 is 0 Å². The van der Waals surface area contributed by atoms with Crippen molar-refractivity contribution in [2.75, 3.05) is 32.2 Å². The summed E-state index contributed by atoms with van der Waals surface area (Å²) in [5, 5.41) is 4.50. The molecule has 0 saturated heterocycles. The van der Waals surface area contributed by atoms with Gasteiger partial charge in [-0.1, -0.05) is 0 Å². The van der Waals surface area contributed by atoms with E-state index in [-0.39, 0.29) is 6.04 Å². The maximum Gasteiger partial charge on any atom is 0.129 e. The van der Waals surface area contributed by atoms with E-state index in [1.165, 1.54) is 11.4 Å². The highest BCUT2D eigenvalue weighted by molar-refractivity contribution is 5.50. The Labute approximate surface area is 110 Å². The Morgan fingerprint density at radius 1 is 1.50 bits per heavy atom. The lowest BCUT2D eigenvalue weighted by atomic mass is 10.1. The molecule has 18 heavy (non-hydrogen) atoms. The fraction of sp³-hybridized carbons (Fsp3) is 0.769. The molecule has 0 aliphatic heterocycles. The number of hydrogen-bond donors (Lipinski definition) is 1. The van der Waals surface area contributed by atoms with Gasteiger partial charge in [0.1, 0.15) is 5.82 Å². The Hall–Kier alpha value is -1.07. The number of hydrogen-bond acceptors (Lipinski definition) is 4. The lowest BCUT2D eigenvalue weighted by Gasteiger charge is -2.21. The van der Waals surface area contributed by atoms with Crippen molar-refractivity contribution in [2.45, 2.75) is 32.7 Å². The average molecular weight is 254 g/mol. The summed E-state index contributed by atoms with van der Waals surface area (Å²) in [6, 6.07) is 0.152. The average Bonchev–Trinajstić information content (AvgIpc) is 2.53. The van der Waals surface area contributed by atoms with Crippen molar-refractivity contribution in [3.05, 3.63) is 11.3 Å². The van der Waals surface area contributed by atoms with Crippen LogP contribution >= 0.6 is 0 Å². The maximum absolute atomic E-state index is 5.92. The zero-order chi connectivity index (χ0) is 13.7. The number of anilines is 1. The van der Waals surface area contributed by atoms with Crippen molar-refractivity contribution < 1.29 is 4.74 Å². The number of nitrogens with two attached hydrogens (primary N) is 1. The van der Waals surface area contributed by atoms with Gasteiger partial charge < -0.3 is 15.4 Å². The molecule has 0 spiro atoms. The number of methoxy groups -OCH3 is 1. The molecular weight excluding hydrogens is 228 g/mol. The minimum atomic E-state index is 0.152. The van der Waals surface area contributed by atoms with Crippen LogP contribution in [0.15, 0.2) is 0 Å². The SMILES string of the molecule is COCCCN(C)c1c(CC(C)N)c(C)nn1C. The van der Waals surface area contributed by atoms with Crippen molar-refractivity contribution in [2.24, 2.45) is 12.8 Å². The Bertz CT molecular complexity index is 373. The van der Waals surface area contributed by atoms with E-state index in [2.05, 4.69) is 17.0 Å². The molecule has 0 amide bonds. The summed E-state index contributed by atoms with van der Waals surface area (Å²) in [4.78, 5) is 2.23. The Morgan fingerprint density at radius 3 is 2.72 bits per heavy atom. The molecule has 0 radical (unpaired) electrons. The third-order valence-corrected chi connectivity index (χ3v) is 3.04. The summed E-state index contributed by atoms with van der Waals surface area (Å²) in [6.07, 6.45) is 1.87. The van der Waals surface area contributed by atoms with Crippen molar-refractivity contribution in [3.8, 4) is 0 Å². The number of aromatic nitrogens is 2. The third kappa shape index (κ3) is 3.71. The van der Waals surface area contributed by atoms with Crippen molar-refractivity contribution in [3.63, 3.8) is 0 Å². The van der Waals surface area contributed by atoms with E-state index in [4.69, 9.17) is 10.5 Å². The van der Waals surface area contributed by atoms with Gasteiger partial charge in [0.2, 0.25) is 0 Å². The third-order valence-electron chi connectivity index (χ3n) is 3.04. The lowest BCUT2D eigenvalue weighted by Crippen LogP contribution is -2.25. The molecule has 0 aromatic carbocycles. The van der Waals surface area contributed by atoms with Crippen LogP contribution in [0.3, 0.4) is 0 Å². The number of nitrogens with zero attached hydrogens (tertiary/aromatic N) is 3. The molecule has 1 aromatic rings. The fourth-order valence-corrected chi connectivity index (χ4v) is 2.28. The molecule has 104 valence electrons. The van der Waals surface area contributed by atoms with Gasteiger partial charge in [-0.15, -0.1) is 0 Å². The largest absolute Gasteiger partial charge is 0.385 e. The Kier molecular flexibility index (Phi) is 5.62. The molecule has 1 heterocycles. The fourth-order valence-electron chi connectivity index (χ4n) is 2.28. The zero-order valence-electron chi connectivity index (χ0n) is 12.2. The first-order chi connectivity index (χ1) is 8.47. The summed E-state index contributed by atoms with van der Waals surface area (Å²) in [6.45, 7) is 5.81. The Morgan fingerprint density at radius 2 is 2.17 bits per heavy atom. The van der Waals surface area contributed by atoms with Crippen LogP contribution in [0.4, 0.5) is 5.82 Å². The highest BCUT2D eigenvalue weighted by atomic mass is 16.5. The molecule has 1 unspecified atom stereocenters. The van der Waals surface area contributed by atoms with Crippen LogP contribution in [0.1, 0.15) is 24.6 Å². The van der Waals surface area contributed by atoms with E-state index in [0.717, 1.165) is 31.7 Å². The molecule has 2 N–H and O–H groups in total. The van der Waals surface area contributed by atoms with Gasteiger partial charge in [0.25, 0.3) is 0 Å². The second-order valence-electron chi connectivity index (χ2n) is 4.96. The second-order valence-corrected chi connectivity index (χ2v) is 4.96. The molecule has 0 saturated carbocycles. The van der Waals surface area contributed by atoms with E-state index < -0.39 is 0 Å². The van der Waals surface area contributed by atoms with Crippen LogP contribution in [-0.4, -0.2) is 43.1 Å². The molecule has 1 atom stereocenters. The van der Waals surface area contributed by atoms with Gasteiger partial charge in [-0.25, -0.2) is 0 Å². The first kappa shape index (κ1) is 15.0. The molecule has 5 heteroatoms. The van der Waals surface area contributed by atoms with Crippen molar-refractivity contribution in [1.29, 1.82) is 0 Å². The van der Waals surface area contributed by atoms with E-state index in [1.807, 2.05) is 25.6 Å². The molecule has 0 aliphatic rings. The minimum absolute atomic E-state index is 0.152. The standard InChI is InChI=1S/C13H26N4O/c1-10(14)9-12-11(2)15-17(4)13(12)16(3)7-6-8-18-5/h10H,6-9,14H2,1-5H3. The van der Waals surface area contributed by atoms with Crippen LogP contribution in [0.5, 0.6) is 0 Å². The summed E-state index contributed by atoms with van der Waals surface area (Å²) >= 11 is 0. The van der Waals surface area contributed by atoms with Gasteiger partial charge in [-0.05, 0) is 26.7 Å². The topological polar surface area (TPSA) is 56.3 Å². The number of ether oxygens (including phenoxy) is 1. The second kappa shape index (κ2) is 6.75. The summed E-state index contributed by atoms with van der Waals surface area (Å²) in [5.74, 6) is 1.17. The van der Waals surface area contributed by atoms with Gasteiger partial charge in [0, 0.05) is 46.0 Å². The van der Waals surface area contributed by atoms with Crippen LogP contribution in [-0.2, 0) is 18.2 Å².